The van der Waals surface area contributed by atoms with Crippen LogP contribution < -0.4 is 0 Å². The summed E-state index contributed by atoms with van der Waals surface area (Å²) in [5, 5.41) is 2.81. The molecule has 28 heavy (non-hydrogen) atoms. The second-order valence-corrected chi connectivity index (χ2v) is 9.48. The number of hydrogen-bond acceptors (Lipinski definition) is 3. The molecule has 144 valence electrons. The highest BCUT2D eigenvalue weighted by Gasteiger charge is 2.37. The van der Waals surface area contributed by atoms with Gasteiger partial charge >= 0.3 is 5.97 Å². The van der Waals surface area contributed by atoms with Crippen molar-refractivity contribution in [3.05, 3.63) is 60.7 Å². The van der Waals surface area contributed by atoms with E-state index in [4.69, 9.17) is 4.74 Å². The van der Waals surface area contributed by atoms with Gasteiger partial charge in [0.25, 0.3) is 0 Å². The molecule has 2 aliphatic rings. The second-order valence-electron chi connectivity index (χ2n) is 8.43. The normalized spacial score (nSPS) is 27.4. The molecule has 2 nitrogen and oxygen atoms in total. The Bertz CT molecular complexity index is 1030. The average Bonchev–Trinajstić information content (AvgIpc) is 3.12. The minimum atomic E-state index is -0.270. The van der Waals surface area contributed by atoms with Crippen LogP contribution in [0, 0.1) is 11.8 Å². The van der Waals surface area contributed by atoms with Crippen LogP contribution in [0.15, 0.2) is 55.1 Å². The molecule has 2 aliphatic carbocycles. The number of fused-ring (bicyclic) bond motifs is 4. The van der Waals surface area contributed by atoms with E-state index in [0.717, 1.165) is 18.8 Å². The zero-order valence-corrected chi connectivity index (χ0v) is 16.9. The van der Waals surface area contributed by atoms with Crippen molar-refractivity contribution >= 4 is 37.5 Å². The summed E-state index contributed by atoms with van der Waals surface area (Å²) in [6.07, 6.45) is 8.36. The van der Waals surface area contributed by atoms with Gasteiger partial charge in [-0.1, -0.05) is 43.0 Å². The van der Waals surface area contributed by atoms with Gasteiger partial charge < -0.3 is 4.74 Å². The lowest BCUT2D eigenvalue weighted by atomic mass is 9.65. The maximum atomic E-state index is 11.5. The van der Waals surface area contributed by atoms with Crippen molar-refractivity contribution in [3.8, 4) is 0 Å². The molecule has 2 fully saturated rings. The first kappa shape index (κ1) is 17.9. The van der Waals surface area contributed by atoms with E-state index >= 15 is 0 Å². The molecule has 0 saturated heterocycles. The van der Waals surface area contributed by atoms with E-state index < -0.39 is 0 Å². The fourth-order valence-corrected chi connectivity index (χ4v) is 6.83. The van der Waals surface area contributed by atoms with Crippen molar-refractivity contribution in [2.75, 3.05) is 0 Å². The summed E-state index contributed by atoms with van der Waals surface area (Å²) in [6, 6.07) is 15.7. The van der Waals surface area contributed by atoms with Gasteiger partial charge in [-0.05, 0) is 67.9 Å². The van der Waals surface area contributed by atoms with Crippen LogP contribution in [0.2, 0.25) is 0 Å². The molecule has 4 atom stereocenters. The maximum absolute atomic E-state index is 11.5. The third-order valence-corrected chi connectivity index (χ3v) is 8.12. The van der Waals surface area contributed by atoms with Gasteiger partial charge in [0.1, 0.15) is 6.10 Å². The van der Waals surface area contributed by atoms with Crippen molar-refractivity contribution < 1.29 is 9.53 Å². The van der Waals surface area contributed by atoms with Crippen molar-refractivity contribution in [2.24, 2.45) is 11.8 Å². The van der Waals surface area contributed by atoms with Crippen LogP contribution >= 0.6 is 11.3 Å². The molecule has 0 N–H and O–H groups in total. The Balaban J connectivity index is 1.37. The van der Waals surface area contributed by atoms with Crippen LogP contribution in [-0.2, 0) is 9.53 Å². The smallest absolute Gasteiger partial charge is 0.330 e. The Morgan fingerprint density at radius 2 is 1.75 bits per heavy atom. The molecule has 0 aliphatic heterocycles. The number of hydrogen-bond donors (Lipinski definition) is 0. The minimum Gasteiger partial charge on any atom is -0.459 e. The number of esters is 1. The molecular weight excluding hydrogens is 364 g/mol. The summed E-state index contributed by atoms with van der Waals surface area (Å²) in [7, 11) is 0. The molecule has 0 radical (unpaired) electrons. The highest BCUT2D eigenvalue weighted by molar-refractivity contribution is 7.26. The van der Waals surface area contributed by atoms with Gasteiger partial charge in [0.2, 0.25) is 0 Å². The second kappa shape index (κ2) is 7.36. The summed E-state index contributed by atoms with van der Waals surface area (Å²) >= 11 is 1.95. The lowest BCUT2D eigenvalue weighted by Gasteiger charge is -2.42. The predicted molar refractivity (Wildman–Crippen MR) is 117 cm³/mol. The van der Waals surface area contributed by atoms with Crippen molar-refractivity contribution in [1.82, 2.24) is 0 Å². The van der Waals surface area contributed by atoms with E-state index in [1.165, 1.54) is 51.9 Å². The van der Waals surface area contributed by atoms with Gasteiger partial charge in [-0.3, -0.25) is 0 Å². The molecule has 1 aromatic heterocycles. The lowest BCUT2D eigenvalue weighted by Crippen LogP contribution is -2.34. The van der Waals surface area contributed by atoms with Crippen molar-refractivity contribution in [2.45, 2.75) is 50.5 Å². The summed E-state index contributed by atoms with van der Waals surface area (Å²) in [5.74, 6) is 1.86. The molecule has 4 unspecified atom stereocenters. The fraction of sp³-hybridized carbons (Fsp3) is 0.400. The fourth-order valence-electron chi connectivity index (χ4n) is 5.54. The van der Waals surface area contributed by atoms with E-state index in [1.54, 1.807) is 5.56 Å². The van der Waals surface area contributed by atoms with Crippen molar-refractivity contribution in [3.63, 3.8) is 0 Å². The van der Waals surface area contributed by atoms with Gasteiger partial charge in [-0.15, -0.1) is 11.3 Å². The number of carbonyl (C=O) groups is 1. The third-order valence-electron chi connectivity index (χ3n) is 6.89. The molecule has 2 aromatic carbocycles. The monoisotopic (exact) mass is 390 g/mol. The maximum Gasteiger partial charge on any atom is 0.330 e. The Hall–Kier alpha value is -2.13. The van der Waals surface area contributed by atoms with Crippen LogP contribution in [0.1, 0.15) is 50.0 Å². The van der Waals surface area contributed by atoms with E-state index in [9.17, 15) is 4.79 Å². The Morgan fingerprint density at radius 3 is 2.64 bits per heavy atom. The van der Waals surface area contributed by atoms with Gasteiger partial charge in [0, 0.05) is 26.2 Å². The molecule has 2 saturated carbocycles. The molecule has 1 heterocycles. The standard InChI is InChI=1S/C25H26O2S/c1-2-24(26)27-19-13-12-16-14-18(11-10-17(16)15-19)20-7-5-8-22-21-6-3-4-9-23(21)28-25(20)22/h2-9,16-19H,1,10-15H2. The zero-order chi connectivity index (χ0) is 19.1. The first-order valence-corrected chi connectivity index (χ1v) is 11.3. The molecule has 3 aromatic rings. The quantitative estimate of drug-likeness (QED) is 0.362. The Kier molecular flexibility index (Phi) is 4.72. The number of carbonyl (C=O) groups excluding carboxylic acids is 1. The predicted octanol–water partition coefficient (Wildman–Crippen LogP) is 6.84. The van der Waals surface area contributed by atoms with Crippen LogP contribution in [0.4, 0.5) is 0 Å². The lowest BCUT2D eigenvalue weighted by molar-refractivity contribution is -0.146. The highest BCUT2D eigenvalue weighted by Crippen LogP contribution is 2.49. The summed E-state index contributed by atoms with van der Waals surface area (Å²) in [5.41, 5.74) is 1.55. The number of ether oxygens (including phenoxy) is 1. The van der Waals surface area contributed by atoms with Gasteiger partial charge in [0.05, 0.1) is 0 Å². The summed E-state index contributed by atoms with van der Waals surface area (Å²) in [4.78, 5) is 11.5. The van der Waals surface area contributed by atoms with E-state index in [0.29, 0.717) is 11.8 Å². The Labute approximate surface area is 170 Å². The van der Waals surface area contributed by atoms with Gasteiger partial charge in [-0.25, -0.2) is 4.79 Å². The SMILES string of the molecule is C=CC(=O)OC1CCC2CC(c3cccc4c3sc3ccccc34)CCC2C1. The first-order valence-electron chi connectivity index (χ1n) is 10.5. The summed E-state index contributed by atoms with van der Waals surface area (Å²) in [6.45, 7) is 3.52. The molecule has 0 bridgehead atoms. The topological polar surface area (TPSA) is 26.3 Å². The number of benzene rings is 2. The van der Waals surface area contributed by atoms with E-state index in [2.05, 4.69) is 49.0 Å². The molecule has 0 amide bonds. The molecule has 5 rings (SSSR count). The largest absolute Gasteiger partial charge is 0.459 e. The van der Waals surface area contributed by atoms with Crippen LogP contribution in [-0.4, -0.2) is 12.1 Å². The molecule has 0 spiro atoms. The highest BCUT2D eigenvalue weighted by atomic mass is 32.1. The Morgan fingerprint density at radius 1 is 0.964 bits per heavy atom. The number of thiophene rings is 1. The van der Waals surface area contributed by atoms with Gasteiger partial charge in [-0.2, -0.15) is 0 Å². The van der Waals surface area contributed by atoms with E-state index in [-0.39, 0.29) is 12.1 Å². The molecule has 3 heteroatoms. The van der Waals surface area contributed by atoms with Crippen LogP contribution in [0.3, 0.4) is 0 Å². The van der Waals surface area contributed by atoms with Crippen molar-refractivity contribution in [1.29, 1.82) is 0 Å². The third kappa shape index (κ3) is 3.16. The van der Waals surface area contributed by atoms with E-state index in [1.807, 2.05) is 11.3 Å². The number of rotatable bonds is 3. The van der Waals surface area contributed by atoms with Gasteiger partial charge in [0.15, 0.2) is 0 Å². The zero-order valence-electron chi connectivity index (χ0n) is 16.1. The minimum absolute atomic E-state index is 0.0920. The van der Waals surface area contributed by atoms with Crippen LogP contribution in [0.5, 0.6) is 0 Å². The average molecular weight is 391 g/mol. The molecular formula is C25H26O2S. The first-order chi connectivity index (χ1) is 13.7. The summed E-state index contributed by atoms with van der Waals surface area (Å²) < 4.78 is 8.42. The van der Waals surface area contributed by atoms with Crippen LogP contribution in [0.25, 0.3) is 20.2 Å².